The van der Waals surface area contributed by atoms with E-state index in [2.05, 4.69) is 20.9 Å². The first-order valence-corrected chi connectivity index (χ1v) is 11.8. The highest BCUT2D eigenvalue weighted by Crippen LogP contribution is 2.62. The Morgan fingerprint density at radius 2 is 2.00 bits per heavy atom. The Hall–Kier alpha value is -2.54. The minimum atomic E-state index is 0.389. The van der Waals surface area contributed by atoms with E-state index in [1.807, 2.05) is 18.5 Å². The third-order valence-corrected chi connectivity index (χ3v) is 8.53. The first-order chi connectivity index (χ1) is 15.2. The van der Waals surface area contributed by atoms with Gasteiger partial charge in [0.2, 0.25) is 0 Å². The first-order valence-electron chi connectivity index (χ1n) is 11.8. The molecule has 2 unspecified atom stereocenters. The fraction of sp³-hybridized carbons (Fsp3) is 0.583. The summed E-state index contributed by atoms with van der Waals surface area (Å²) < 4.78 is 0. The lowest BCUT2D eigenvalue weighted by Gasteiger charge is -2.43. The third kappa shape index (κ3) is 2.68. The van der Waals surface area contributed by atoms with Crippen molar-refractivity contribution in [1.29, 1.82) is 0 Å². The van der Waals surface area contributed by atoms with Gasteiger partial charge in [-0.15, -0.1) is 0 Å². The van der Waals surface area contributed by atoms with Crippen molar-refractivity contribution in [3.05, 3.63) is 41.6 Å². The van der Waals surface area contributed by atoms with Crippen molar-refractivity contribution in [2.45, 2.75) is 51.1 Å². The average Bonchev–Trinajstić information content (AvgIpc) is 3.36. The van der Waals surface area contributed by atoms with E-state index in [1.54, 1.807) is 0 Å². The summed E-state index contributed by atoms with van der Waals surface area (Å²) in [5, 5.41) is 0. The zero-order valence-electron chi connectivity index (χ0n) is 17.9. The van der Waals surface area contributed by atoms with Crippen molar-refractivity contribution in [1.82, 2.24) is 15.0 Å². The number of nitrogens with zero attached hydrogens (tertiary/aromatic N) is 6. The van der Waals surface area contributed by atoms with Crippen LogP contribution in [-0.2, 0) is 13.0 Å². The van der Waals surface area contributed by atoms with E-state index in [4.69, 9.17) is 20.7 Å². The van der Waals surface area contributed by atoms with Crippen LogP contribution in [0.5, 0.6) is 0 Å². The van der Waals surface area contributed by atoms with Crippen LogP contribution in [0.15, 0.2) is 29.5 Å². The summed E-state index contributed by atoms with van der Waals surface area (Å²) in [6, 6.07) is 4.57. The number of nitrogens with two attached hydrogens (primary N) is 1. The molecular weight excluding hydrogens is 386 g/mol. The van der Waals surface area contributed by atoms with Crippen LogP contribution in [-0.4, -0.2) is 46.5 Å². The highest BCUT2D eigenvalue weighted by molar-refractivity contribution is 6.11. The predicted molar refractivity (Wildman–Crippen MR) is 120 cm³/mol. The summed E-state index contributed by atoms with van der Waals surface area (Å²) in [6.45, 7) is 3.65. The Morgan fingerprint density at radius 1 is 1.10 bits per heavy atom. The molecule has 7 nitrogen and oxygen atoms in total. The largest absolute Gasteiger partial charge is 0.355 e. The maximum Gasteiger partial charge on any atom is 0.156 e. The van der Waals surface area contributed by atoms with E-state index < -0.39 is 0 Å². The van der Waals surface area contributed by atoms with Gasteiger partial charge in [-0.25, -0.2) is 9.97 Å². The molecule has 0 aromatic carbocycles. The standard InChI is InChI=1S/C24H29N7/c25-22-16-11-15(16)12-24(22)5-9-30(10-6-24)20-14-27-21-18(29-20)13-28-23(21)31-8-2-3-17-19(31)4-1-7-26-17/h1,4,7,14-16,22H,2-3,5-6,8-13,25H2/t15?,16-,22?/m0/s1. The van der Waals surface area contributed by atoms with Gasteiger partial charge >= 0.3 is 0 Å². The minimum Gasteiger partial charge on any atom is -0.355 e. The minimum absolute atomic E-state index is 0.389. The van der Waals surface area contributed by atoms with Crippen LogP contribution in [0.1, 0.15) is 49.2 Å². The number of hydrogen-bond donors (Lipinski definition) is 1. The predicted octanol–water partition coefficient (Wildman–Crippen LogP) is 2.54. The van der Waals surface area contributed by atoms with Gasteiger partial charge in [-0.1, -0.05) is 0 Å². The summed E-state index contributed by atoms with van der Waals surface area (Å²) in [4.78, 5) is 24.0. The number of aliphatic imine (C=N–C) groups is 1. The van der Waals surface area contributed by atoms with Gasteiger partial charge in [-0.05, 0) is 67.9 Å². The molecule has 0 bridgehead atoms. The van der Waals surface area contributed by atoms with Gasteiger partial charge in [0.05, 0.1) is 29.8 Å². The van der Waals surface area contributed by atoms with Gasteiger partial charge in [0.1, 0.15) is 11.5 Å². The molecule has 7 heteroatoms. The summed E-state index contributed by atoms with van der Waals surface area (Å²) in [5.41, 5.74) is 11.3. The number of rotatable bonds is 1. The molecule has 2 aromatic rings. The van der Waals surface area contributed by atoms with Crippen molar-refractivity contribution < 1.29 is 0 Å². The number of hydrogen-bond acceptors (Lipinski definition) is 7. The quantitative estimate of drug-likeness (QED) is 0.771. The molecule has 7 rings (SSSR count). The van der Waals surface area contributed by atoms with Crippen LogP contribution < -0.4 is 15.5 Å². The van der Waals surface area contributed by atoms with Gasteiger partial charge < -0.3 is 15.5 Å². The number of fused-ring (bicyclic) bond motifs is 3. The molecule has 2 aromatic heterocycles. The van der Waals surface area contributed by atoms with E-state index >= 15 is 0 Å². The van der Waals surface area contributed by atoms with Crippen LogP contribution in [0, 0.1) is 17.3 Å². The number of amidine groups is 1. The van der Waals surface area contributed by atoms with Gasteiger partial charge in [0.15, 0.2) is 5.84 Å². The average molecular weight is 416 g/mol. The summed E-state index contributed by atoms with van der Waals surface area (Å²) in [7, 11) is 0. The van der Waals surface area contributed by atoms with E-state index in [9.17, 15) is 0 Å². The Labute approximate surface area is 182 Å². The molecular formula is C24H29N7. The molecule has 3 fully saturated rings. The molecule has 3 aliphatic heterocycles. The molecule has 0 amide bonds. The molecule has 1 saturated heterocycles. The van der Waals surface area contributed by atoms with Crippen LogP contribution in [0.4, 0.5) is 11.5 Å². The molecule has 2 N–H and O–H groups in total. The topological polar surface area (TPSA) is 83.5 Å². The first kappa shape index (κ1) is 18.1. The molecule has 1 spiro atoms. The van der Waals surface area contributed by atoms with Crippen molar-refractivity contribution >= 4 is 17.3 Å². The molecule has 5 heterocycles. The monoisotopic (exact) mass is 415 g/mol. The number of piperidine rings is 1. The van der Waals surface area contributed by atoms with Crippen molar-refractivity contribution in [2.24, 2.45) is 28.0 Å². The maximum atomic E-state index is 6.64. The Kier molecular flexibility index (Phi) is 3.78. The number of pyridine rings is 1. The second-order valence-electron chi connectivity index (χ2n) is 10.1. The van der Waals surface area contributed by atoms with Crippen LogP contribution >= 0.6 is 0 Å². The number of anilines is 2. The van der Waals surface area contributed by atoms with E-state index in [0.29, 0.717) is 18.0 Å². The van der Waals surface area contributed by atoms with Gasteiger partial charge in [-0.3, -0.25) is 9.98 Å². The second-order valence-corrected chi connectivity index (χ2v) is 10.1. The summed E-state index contributed by atoms with van der Waals surface area (Å²) >= 11 is 0. The zero-order chi connectivity index (χ0) is 20.6. The van der Waals surface area contributed by atoms with Crippen LogP contribution in [0.3, 0.4) is 0 Å². The molecule has 5 aliphatic rings. The van der Waals surface area contributed by atoms with Crippen molar-refractivity contribution in [3.63, 3.8) is 0 Å². The van der Waals surface area contributed by atoms with Crippen LogP contribution in [0.2, 0.25) is 0 Å². The van der Waals surface area contributed by atoms with Crippen molar-refractivity contribution in [2.75, 3.05) is 29.4 Å². The fourth-order valence-electron chi connectivity index (χ4n) is 6.69. The summed E-state index contributed by atoms with van der Waals surface area (Å²) in [5.74, 6) is 3.70. The maximum absolute atomic E-state index is 6.64. The third-order valence-electron chi connectivity index (χ3n) is 8.53. The van der Waals surface area contributed by atoms with E-state index in [1.165, 1.54) is 31.4 Å². The fourth-order valence-corrected chi connectivity index (χ4v) is 6.69. The molecule has 2 aliphatic carbocycles. The SMILES string of the molecule is NC1[C@H]2CC2CC12CCN(c1cnc3c(n1)CN=C3N1CCCc3ncccc31)CC2. The van der Waals surface area contributed by atoms with Crippen molar-refractivity contribution in [3.8, 4) is 0 Å². The van der Waals surface area contributed by atoms with E-state index in [0.717, 1.165) is 73.0 Å². The zero-order valence-corrected chi connectivity index (χ0v) is 17.9. The smallest absolute Gasteiger partial charge is 0.156 e. The summed E-state index contributed by atoms with van der Waals surface area (Å²) in [6.07, 6.45) is 11.1. The second kappa shape index (κ2) is 6.48. The van der Waals surface area contributed by atoms with Crippen LogP contribution in [0.25, 0.3) is 0 Å². The van der Waals surface area contributed by atoms with Gasteiger partial charge in [-0.2, -0.15) is 0 Å². The molecule has 160 valence electrons. The van der Waals surface area contributed by atoms with Gasteiger partial charge in [0.25, 0.3) is 0 Å². The van der Waals surface area contributed by atoms with E-state index in [-0.39, 0.29) is 0 Å². The Morgan fingerprint density at radius 3 is 2.84 bits per heavy atom. The molecule has 3 atom stereocenters. The Bertz CT molecular complexity index is 1070. The highest BCUT2D eigenvalue weighted by Gasteiger charge is 2.59. The highest BCUT2D eigenvalue weighted by atomic mass is 15.3. The lowest BCUT2D eigenvalue weighted by Crippen LogP contribution is -2.48. The number of aromatic nitrogens is 3. The van der Waals surface area contributed by atoms with Gasteiger partial charge in [0, 0.05) is 31.9 Å². The Balaban J connectivity index is 1.10. The normalized spacial score (nSPS) is 30.1. The lowest BCUT2D eigenvalue weighted by molar-refractivity contribution is 0.172. The molecule has 31 heavy (non-hydrogen) atoms. The molecule has 0 radical (unpaired) electrons. The lowest BCUT2D eigenvalue weighted by atomic mass is 9.72. The number of aryl methyl sites for hydroxylation is 1. The molecule has 2 saturated carbocycles.